The number of imidazole rings is 1. The van der Waals surface area contributed by atoms with Gasteiger partial charge in [0.05, 0.1) is 5.69 Å². The lowest BCUT2D eigenvalue weighted by molar-refractivity contribution is 0.111. The first kappa shape index (κ1) is 13.4. The summed E-state index contributed by atoms with van der Waals surface area (Å²) in [7, 11) is 0. The highest BCUT2D eigenvalue weighted by atomic mass is 16.3. The maximum atomic E-state index is 9.84. The van der Waals surface area contributed by atoms with E-state index in [4.69, 9.17) is 0 Å². The summed E-state index contributed by atoms with van der Waals surface area (Å²) in [6.07, 6.45) is 8.82. The molecule has 1 aliphatic rings. The van der Waals surface area contributed by atoms with Crippen LogP contribution in [0.5, 0.6) is 5.75 Å². The first-order valence-electron chi connectivity index (χ1n) is 7.56. The fourth-order valence-corrected chi connectivity index (χ4v) is 3.31. The van der Waals surface area contributed by atoms with Crippen molar-refractivity contribution >= 4 is 5.65 Å². The minimum atomic E-state index is 0.253. The summed E-state index contributed by atoms with van der Waals surface area (Å²) < 4.78 is 1.91. The molecule has 2 aromatic heterocycles. The Kier molecular flexibility index (Phi) is 3.66. The Bertz CT molecular complexity index is 590. The molecule has 0 aliphatic carbocycles. The average molecular weight is 273 g/mol. The van der Waals surface area contributed by atoms with E-state index in [1.165, 1.54) is 25.8 Å². The maximum Gasteiger partial charge on any atom is 0.179 e. The number of pyridine rings is 1. The van der Waals surface area contributed by atoms with Gasteiger partial charge in [0, 0.05) is 30.9 Å². The second kappa shape index (κ2) is 5.44. The third-order valence-corrected chi connectivity index (χ3v) is 4.29. The normalized spacial score (nSPS) is 20.9. The fraction of sp³-hybridized carbons (Fsp3) is 0.562. The third-order valence-electron chi connectivity index (χ3n) is 4.29. The number of hydrogen-bond acceptors (Lipinski definition) is 3. The van der Waals surface area contributed by atoms with E-state index in [0.717, 1.165) is 12.1 Å². The molecule has 0 saturated carbocycles. The first-order valence-corrected chi connectivity index (χ1v) is 7.56. The lowest BCUT2D eigenvalue weighted by Crippen LogP contribution is -2.45. The molecule has 20 heavy (non-hydrogen) atoms. The van der Waals surface area contributed by atoms with Crippen LogP contribution in [0.1, 0.15) is 38.8 Å². The number of fused-ring (bicyclic) bond motifs is 1. The number of likely N-dealkylation sites (tertiary alicyclic amines) is 1. The van der Waals surface area contributed by atoms with Crippen LogP contribution in [-0.4, -0.2) is 38.0 Å². The molecule has 4 heteroatoms. The van der Waals surface area contributed by atoms with Crippen molar-refractivity contribution in [3.63, 3.8) is 0 Å². The van der Waals surface area contributed by atoms with Gasteiger partial charge in [0.2, 0.25) is 0 Å². The van der Waals surface area contributed by atoms with Crippen molar-refractivity contribution in [2.24, 2.45) is 0 Å². The average Bonchev–Trinajstić information content (AvgIpc) is 2.83. The zero-order chi connectivity index (χ0) is 14.1. The molecule has 0 amide bonds. The largest absolute Gasteiger partial charge is 0.504 e. The predicted molar refractivity (Wildman–Crippen MR) is 80.0 cm³/mol. The zero-order valence-corrected chi connectivity index (χ0v) is 12.3. The van der Waals surface area contributed by atoms with Crippen LogP contribution in [0.15, 0.2) is 24.5 Å². The van der Waals surface area contributed by atoms with Gasteiger partial charge >= 0.3 is 0 Å². The molecule has 4 nitrogen and oxygen atoms in total. The van der Waals surface area contributed by atoms with E-state index in [-0.39, 0.29) is 5.75 Å². The molecule has 0 radical (unpaired) electrons. The molecule has 3 rings (SSSR count). The molecule has 0 aromatic carbocycles. The summed E-state index contributed by atoms with van der Waals surface area (Å²) in [6.45, 7) is 5.74. The van der Waals surface area contributed by atoms with E-state index >= 15 is 0 Å². The van der Waals surface area contributed by atoms with Crippen LogP contribution in [0.4, 0.5) is 0 Å². The van der Waals surface area contributed by atoms with E-state index in [9.17, 15) is 5.11 Å². The lowest BCUT2D eigenvalue weighted by Gasteiger charge is -2.38. The van der Waals surface area contributed by atoms with E-state index < -0.39 is 0 Å². The molecular weight excluding hydrogens is 250 g/mol. The number of aromatic nitrogens is 2. The Morgan fingerprint density at radius 1 is 1.40 bits per heavy atom. The van der Waals surface area contributed by atoms with Gasteiger partial charge in [-0.2, -0.15) is 0 Å². The van der Waals surface area contributed by atoms with Crippen LogP contribution in [-0.2, 0) is 6.42 Å². The number of rotatable bonds is 3. The maximum absolute atomic E-state index is 9.84. The van der Waals surface area contributed by atoms with Crippen molar-refractivity contribution in [1.82, 2.24) is 14.3 Å². The van der Waals surface area contributed by atoms with Crippen LogP contribution in [0.2, 0.25) is 0 Å². The fourth-order valence-electron chi connectivity index (χ4n) is 3.31. The van der Waals surface area contributed by atoms with Crippen LogP contribution >= 0.6 is 0 Å². The third kappa shape index (κ3) is 2.52. The first-order chi connectivity index (χ1) is 9.65. The molecule has 1 aliphatic heterocycles. The molecule has 3 heterocycles. The summed E-state index contributed by atoms with van der Waals surface area (Å²) in [4.78, 5) is 7.18. The van der Waals surface area contributed by atoms with Gasteiger partial charge < -0.3 is 9.51 Å². The number of piperidine rings is 1. The Morgan fingerprint density at radius 2 is 2.25 bits per heavy atom. The van der Waals surface area contributed by atoms with Crippen molar-refractivity contribution in [2.75, 3.05) is 6.54 Å². The minimum Gasteiger partial charge on any atom is -0.504 e. The molecule has 0 spiro atoms. The second-order valence-electron chi connectivity index (χ2n) is 6.04. The molecule has 1 N–H and O–H groups in total. The Balaban J connectivity index is 1.82. The van der Waals surface area contributed by atoms with Crippen LogP contribution < -0.4 is 0 Å². The monoisotopic (exact) mass is 273 g/mol. The topological polar surface area (TPSA) is 40.8 Å². The van der Waals surface area contributed by atoms with Crippen molar-refractivity contribution in [2.45, 2.75) is 51.6 Å². The number of aromatic hydroxyl groups is 1. The molecule has 2 aromatic rings. The van der Waals surface area contributed by atoms with Crippen LogP contribution in [0, 0.1) is 0 Å². The summed E-state index contributed by atoms with van der Waals surface area (Å²) in [5.41, 5.74) is 1.73. The molecule has 1 saturated heterocycles. The lowest BCUT2D eigenvalue weighted by atomic mass is 9.97. The van der Waals surface area contributed by atoms with E-state index in [2.05, 4.69) is 23.7 Å². The van der Waals surface area contributed by atoms with Gasteiger partial charge in [-0.05, 0) is 45.4 Å². The van der Waals surface area contributed by atoms with Gasteiger partial charge in [-0.1, -0.05) is 6.42 Å². The second-order valence-corrected chi connectivity index (χ2v) is 6.04. The Hall–Kier alpha value is -1.55. The highest BCUT2D eigenvalue weighted by molar-refractivity contribution is 5.53. The van der Waals surface area contributed by atoms with Gasteiger partial charge in [0.1, 0.15) is 0 Å². The van der Waals surface area contributed by atoms with Gasteiger partial charge in [0.25, 0.3) is 0 Å². The SMILES string of the molecule is CC(C)N1CCCCC1Cc1cn2cccc(O)c2n1. The highest BCUT2D eigenvalue weighted by Gasteiger charge is 2.25. The van der Waals surface area contributed by atoms with E-state index in [1.807, 2.05) is 22.9 Å². The Labute approximate surface area is 120 Å². The van der Waals surface area contributed by atoms with E-state index in [0.29, 0.717) is 17.7 Å². The standard InChI is InChI=1S/C16H23N3O/c1-12(2)19-9-4-3-6-14(19)10-13-11-18-8-5-7-15(20)16(18)17-13/h5,7-8,11-12,14,20H,3-4,6,9-10H2,1-2H3. The molecule has 1 fully saturated rings. The van der Waals surface area contributed by atoms with Crippen molar-refractivity contribution in [3.05, 3.63) is 30.2 Å². The molecular formula is C16H23N3O. The van der Waals surface area contributed by atoms with Gasteiger partial charge in [-0.3, -0.25) is 4.90 Å². The molecule has 1 unspecified atom stereocenters. The molecule has 108 valence electrons. The summed E-state index contributed by atoms with van der Waals surface area (Å²) >= 11 is 0. The molecule has 1 atom stereocenters. The highest BCUT2D eigenvalue weighted by Crippen LogP contribution is 2.24. The van der Waals surface area contributed by atoms with Crippen molar-refractivity contribution < 1.29 is 5.11 Å². The van der Waals surface area contributed by atoms with Crippen molar-refractivity contribution in [3.8, 4) is 5.75 Å². The molecule has 0 bridgehead atoms. The number of nitrogens with zero attached hydrogens (tertiary/aromatic N) is 3. The predicted octanol–water partition coefficient (Wildman–Crippen LogP) is 2.85. The summed E-state index contributed by atoms with van der Waals surface area (Å²) in [6, 6.07) is 4.70. The van der Waals surface area contributed by atoms with Gasteiger partial charge in [0.15, 0.2) is 11.4 Å². The van der Waals surface area contributed by atoms with Crippen LogP contribution in [0.25, 0.3) is 5.65 Å². The van der Waals surface area contributed by atoms with Gasteiger partial charge in [-0.15, -0.1) is 0 Å². The van der Waals surface area contributed by atoms with Crippen LogP contribution in [0.3, 0.4) is 0 Å². The number of hydrogen-bond donors (Lipinski definition) is 1. The van der Waals surface area contributed by atoms with Crippen molar-refractivity contribution in [1.29, 1.82) is 0 Å². The zero-order valence-electron chi connectivity index (χ0n) is 12.3. The van der Waals surface area contributed by atoms with E-state index in [1.54, 1.807) is 6.07 Å². The minimum absolute atomic E-state index is 0.253. The Morgan fingerprint density at radius 3 is 3.00 bits per heavy atom. The van der Waals surface area contributed by atoms with Gasteiger partial charge in [-0.25, -0.2) is 4.98 Å². The quantitative estimate of drug-likeness (QED) is 0.935. The smallest absolute Gasteiger partial charge is 0.179 e. The summed E-state index contributed by atoms with van der Waals surface area (Å²) in [5, 5.41) is 9.84. The summed E-state index contributed by atoms with van der Waals surface area (Å²) in [5.74, 6) is 0.253.